The van der Waals surface area contributed by atoms with E-state index in [4.69, 9.17) is 23.2 Å². The third kappa shape index (κ3) is 2.53. The minimum absolute atomic E-state index is 0.321. The fraction of sp³-hybridized carbons (Fsp3) is 0.538. The van der Waals surface area contributed by atoms with Crippen LogP contribution in [0.2, 0.25) is 10.0 Å². The zero-order valence-corrected chi connectivity index (χ0v) is 11.4. The smallest absolute Gasteiger partial charge is 0.0595 e. The third-order valence-electron chi connectivity index (χ3n) is 3.41. The van der Waals surface area contributed by atoms with Gasteiger partial charge in [0.2, 0.25) is 0 Å². The predicted molar refractivity (Wildman–Crippen MR) is 70.2 cm³/mol. The van der Waals surface area contributed by atoms with Gasteiger partial charge in [-0.25, -0.2) is 0 Å². The lowest BCUT2D eigenvalue weighted by atomic mass is 10.1. The standard InChI is InChI=1S/C13H17Cl2N/c1-8(16-12-7-13(12,2)3)9-4-5-10(14)11(15)6-9/h4-6,8,12,16H,7H2,1-3H3. The topological polar surface area (TPSA) is 12.0 Å². The Morgan fingerprint density at radius 2 is 1.94 bits per heavy atom. The molecule has 0 aromatic heterocycles. The molecule has 0 bridgehead atoms. The molecule has 1 saturated carbocycles. The van der Waals surface area contributed by atoms with Crippen LogP contribution in [-0.4, -0.2) is 6.04 Å². The first kappa shape index (κ1) is 12.2. The van der Waals surface area contributed by atoms with Crippen LogP contribution in [0.3, 0.4) is 0 Å². The van der Waals surface area contributed by atoms with Gasteiger partial charge in [0.05, 0.1) is 10.0 Å². The number of hydrogen-bond acceptors (Lipinski definition) is 1. The van der Waals surface area contributed by atoms with Gasteiger partial charge in [-0.1, -0.05) is 43.1 Å². The van der Waals surface area contributed by atoms with Crippen LogP contribution >= 0.6 is 23.2 Å². The van der Waals surface area contributed by atoms with Crippen LogP contribution < -0.4 is 5.32 Å². The molecule has 0 spiro atoms. The maximum Gasteiger partial charge on any atom is 0.0595 e. The minimum atomic E-state index is 0.321. The molecule has 0 amide bonds. The fourth-order valence-corrected chi connectivity index (χ4v) is 2.24. The molecule has 2 unspecified atom stereocenters. The van der Waals surface area contributed by atoms with E-state index in [1.54, 1.807) is 0 Å². The van der Waals surface area contributed by atoms with Crippen molar-refractivity contribution >= 4 is 23.2 Å². The van der Waals surface area contributed by atoms with Crippen LogP contribution in [0.25, 0.3) is 0 Å². The second-order valence-corrected chi connectivity index (χ2v) is 6.12. The first-order valence-electron chi connectivity index (χ1n) is 5.61. The Hall–Kier alpha value is -0.240. The lowest BCUT2D eigenvalue weighted by Gasteiger charge is -2.16. The summed E-state index contributed by atoms with van der Waals surface area (Å²) in [4.78, 5) is 0. The van der Waals surface area contributed by atoms with Gasteiger partial charge < -0.3 is 5.32 Å². The highest BCUT2D eigenvalue weighted by atomic mass is 35.5. The van der Waals surface area contributed by atoms with Crippen LogP contribution in [0.1, 0.15) is 38.8 Å². The van der Waals surface area contributed by atoms with Crippen molar-refractivity contribution in [2.24, 2.45) is 5.41 Å². The minimum Gasteiger partial charge on any atom is -0.307 e. The molecule has 16 heavy (non-hydrogen) atoms. The summed E-state index contributed by atoms with van der Waals surface area (Å²) >= 11 is 11.9. The first-order valence-corrected chi connectivity index (χ1v) is 6.37. The average Bonchev–Trinajstić information content (AvgIpc) is 2.78. The van der Waals surface area contributed by atoms with Crippen molar-refractivity contribution in [3.8, 4) is 0 Å². The molecule has 0 radical (unpaired) electrons. The SMILES string of the molecule is CC(NC1CC1(C)C)c1ccc(Cl)c(Cl)c1. The van der Waals surface area contributed by atoms with E-state index in [0.717, 1.165) is 0 Å². The molecule has 0 heterocycles. The highest BCUT2D eigenvalue weighted by Crippen LogP contribution is 2.45. The lowest BCUT2D eigenvalue weighted by molar-refractivity contribution is 0.492. The molecule has 1 aromatic carbocycles. The fourth-order valence-electron chi connectivity index (χ4n) is 1.93. The number of hydrogen-bond donors (Lipinski definition) is 1. The molecule has 1 aromatic rings. The summed E-state index contributed by atoms with van der Waals surface area (Å²) in [7, 11) is 0. The molecule has 0 aliphatic heterocycles. The van der Waals surface area contributed by atoms with E-state index in [1.165, 1.54) is 12.0 Å². The second kappa shape index (κ2) is 4.21. The lowest BCUT2D eigenvalue weighted by Crippen LogP contribution is -2.24. The van der Waals surface area contributed by atoms with Gasteiger partial charge in [-0.15, -0.1) is 0 Å². The number of halogens is 2. The van der Waals surface area contributed by atoms with Gasteiger partial charge in [-0.3, -0.25) is 0 Å². The van der Waals surface area contributed by atoms with Crippen molar-refractivity contribution in [2.75, 3.05) is 0 Å². The molecule has 1 fully saturated rings. The van der Waals surface area contributed by atoms with Crippen molar-refractivity contribution in [2.45, 2.75) is 39.3 Å². The largest absolute Gasteiger partial charge is 0.307 e. The normalized spacial score (nSPS) is 24.2. The van der Waals surface area contributed by atoms with Gasteiger partial charge >= 0.3 is 0 Å². The highest BCUT2D eigenvalue weighted by molar-refractivity contribution is 6.42. The van der Waals surface area contributed by atoms with Crippen molar-refractivity contribution in [3.63, 3.8) is 0 Å². The predicted octanol–water partition coefficient (Wildman–Crippen LogP) is 4.44. The molecule has 2 rings (SSSR count). The van der Waals surface area contributed by atoms with Crippen molar-refractivity contribution in [3.05, 3.63) is 33.8 Å². The summed E-state index contributed by atoms with van der Waals surface area (Å²) < 4.78 is 0. The van der Waals surface area contributed by atoms with E-state index in [2.05, 4.69) is 26.1 Å². The van der Waals surface area contributed by atoms with Crippen molar-refractivity contribution in [1.29, 1.82) is 0 Å². The molecular weight excluding hydrogens is 241 g/mol. The van der Waals surface area contributed by atoms with Crippen molar-refractivity contribution < 1.29 is 0 Å². The molecule has 88 valence electrons. The molecule has 2 atom stereocenters. The number of rotatable bonds is 3. The van der Waals surface area contributed by atoms with E-state index >= 15 is 0 Å². The van der Waals surface area contributed by atoms with Crippen LogP contribution in [-0.2, 0) is 0 Å². The van der Waals surface area contributed by atoms with Crippen LogP contribution in [0, 0.1) is 5.41 Å². The maximum atomic E-state index is 6.01. The Morgan fingerprint density at radius 1 is 1.31 bits per heavy atom. The third-order valence-corrected chi connectivity index (χ3v) is 4.15. The Balaban J connectivity index is 2.04. The van der Waals surface area contributed by atoms with Gasteiger partial charge in [0.1, 0.15) is 0 Å². The monoisotopic (exact) mass is 257 g/mol. The Labute approximate surface area is 107 Å². The number of benzene rings is 1. The van der Waals surface area contributed by atoms with Gasteiger partial charge in [0.25, 0.3) is 0 Å². The Bertz CT molecular complexity index is 401. The summed E-state index contributed by atoms with van der Waals surface area (Å²) in [6.45, 7) is 6.73. The summed E-state index contributed by atoms with van der Waals surface area (Å²) in [5.74, 6) is 0. The Morgan fingerprint density at radius 3 is 2.44 bits per heavy atom. The molecule has 1 N–H and O–H groups in total. The summed E-state index contributed by atoms with van der Waals surface area (Å²) in [5.41, 5.74) is 1.64. The summed E-state index contributed by atoms with van der Waals surface area (Å²) in [6, 6.07) is 6.77. The zero-order chi connectivity index (χ0) is 11.9. The van der Waals surface area contributed by atoms with E-state index in [1.807, 2.05) is 18.2 Å². The van der Waals surface area contributed by atoms with Gasteiger partial charge in [-0.2, -0.15) is 0 Å². The van der Waals surface area contributed by atoms with Crippen LogP contribution in [0.15, 0.2) is 18.2 Å². The number of nitrogens with one attached hydrogen (secondary N) is 1. The van der Waals surface area contributed by atoms with Gasteiger partial charge in [0.15, 0.2) is 0 Å². The first-order chi connectivity index (χ1) is 7.40. The summed E-state index contributed by atoms with van der Waals surface area (Å²) in [5, 5.41) is 4.85. The van der Waals surface area contributed by atoms with Crippen LogP contribution in [0.5, 0.6) is 0 Å². The van der Waals surface area contributed by atoms with E-state index < -0.39 is 0 Å². The van der Waals surface area contributed by atoms with E-state index in [-0.39, 0.29) is 0 Å². The van der Waals surface area contributed by atoms with E-state index in [9.17, 15) is 0 Å². The molecule has 0 saturated heterocycles. The second-order valence-electron chi connectivity index (χ2n) is 5.31. The molecule has 1 nitrogen and oxygen atoms in total. The van der Waals surface area contributed by atoms with Gasteiger partial charge in [-0.05, 0) is 36.5 Å². The van der Waals surface area contributed by atoms with Gasteiger partial charge in [0, 0.05) is 12.1 Å². The molecule has 3 heteroatoms. The Kier molecular flexibility index (Phi) is 3.22. The average molecular weight is 258 g/mol. The zero-order valence-electron chi connectivity index (χ0n) is 9.85. The maximum absolute atomic E-state index is 6.01. The van der Waals surface area contributed by atoms with Crippen molar-refractivity contribution in [1.82, 2.24) is 5.32 Å². The molecule has 1 aliphatic rings. The van der Waals surface area contributed by atoms with E-state index in [0.29, 0.717) is 27.5 Å². The summed E-state index contributed by atoms with van der Waals surface area (Å²) in [6.07, 6.45) is 1.25. The molecule has 1 aliphatic carbocycles. The quantitative estimate of drug-likeness (QED) is 0.844. The van der Waals surface area contributed by atoms with Crippen LogP contribution in [0.4, 0.5) is 0 Å². The molecular formula is C13H17Cl2N. The highest BCUT2D eigenvalue weighted by Gasteiger charge is 2.45.